The highest BCUT2D eigenvalue weighted by Crippen LogP contribution is 2.19. The third-order valence-electron chi connectivity index (χ3n) is 1.65. The van der Waals surface area contributed by atoms with Gasteiger partial charge >= 0.3 is 5.97 Å². The SMILES string of the molecule is CNS(=O)(=O)N[C@H](C(=O)O)C(C)(C)C. The number of nitrogens with one attached hydrogen (secondary N) is 2. The van der Waals surface area contributed by atoms with Gasteiger partial charge in [0.15, 0.2) is 0 Å². The molecule has 0 bridgehead atoms. The maximum Gasteiger partial charge on any atom is 0.322 e. The van der Waals surface area contributed by atoms with Gasteiger partial charge in [0.05, 0.1) is 0 Å². The van der Waals surface area contributed by atoms with Gasteiger partial charge in [0.2, 0.25) is 0 Å². The van der Waals surface area contributed by atoms with Crippen LogP contribution in [-0.2, 0) is 15.0 Å². The van der Waals surface area contributed by atoms with Gasteiger partial charge in [0.25, 0.3) is 10.2 Å². The predicted octanol–water partition coefficient (Wildman–Crippen LogP) is -0.461. The first-order valence-electron chi connectivity index (χ1n) is 4.04. The molecule has 0 aliphatic rings. The topological polar surface area (TPSA) is 95.5 Å². The first-order valence-corrected chi connectivity index (χ1v) is 5.52. The van der Waals surface area contributed by atoms with Crippen LogP contribution in [0, 0.1) is 5.41 Å². The number of rotatable bonds is 4. The monoisotopic (exact) mass is 224 g/mol. The Labute approximate surface area is 83.9 Å². The predicted molar refractivity (Wildman–Crippen MR) is 52.0 cm³/mol. The van der Waals surface area contributed by atoms with Crippen molar-refractivity contribution in [1.82, 2.24) is 9.44 Å². The van der Waals surface area contributed by atoms with Gasteiger partial charge in [-0.3, -0.25) is 4.79 Å². The number of carbonyl (C=O) groups is 1. The number of aliphatic carboxylic acids is 1. The number of carboxylic acids is 1. The van der Waals surface area contributed by atoms with Gasteiger partial charge in [-0.2, -0.15) is 13.1 Å². The highest BCUT2D eigenvalue weighted by atomic mass is 32.2. The van der Waals surface area contributed by atoms with Crippen LogP contribution >= 0.6 is 0 Å². The summed E-state index contributed by atoms with van der Waals surface area (Å²) in [6, 6.07) is -1.15. The van der Waals surface area contributed by atoms with Crippen molar-refractivity contribution in [3.05, 3.63) is 0 Å². The number of hydrogen-bond donors (Lipinski definition) is 3. The van der Waals surface area contributed by atoms with Crippen LogP contribution in [0.1, 0.15) is 20.8 Å². The van der Waals surface area contributed by atoms with E-state index in [4.69, 9.17) is 5.11 Å². The van der Waals surface area contributed by atoms with Crippen LogP contribution in [-0.4, -0.2) is 32.6 Å². The minimum absolute atomic E-state index is 0.685. The van der Waals surface area contributed by atoms with E-state index in [2.05, 4.69) is 0 Å². The highest BCUT2D eigenvalue weighted by molar-refractivity contribution is 7.87. The van der Waals surface area contributed by atoms with Crippen LogP contribution in [0.3, 0.4) is 0 Å². The van der Waals surface area contributed by atoms with Crippen LogP contribution in [0.15, 0.2) is 0 Å². The number of hydrogen-bond acceptors (Lipinski definition) is 3. The van der Waals surface area contributed by atoms with Crippen molar-refractivity contribution in [3.63, 3.8) is 0 Å². The zero-order chi connectivity index (χ0) is 11.6. The molecule has 0 aromatic heterocycles. The third kappa shape index (κ3) is 4.03. The molecule has 0 rings (SSSR count). The summed E-state index contributed by atoms with van der Waals surface area (Å²) in [6.45, 7) is 4.93. The lowest BCUT2D eigenvalue weighted by molar-refractivity contribution is -0.141. The van der Waals surface area contributed by atoms with E-state index < -0.39 is 27.6 Å². The van der Waals surface area contributed by atoms with E-state index in [9.17, 15) is 13.2 Å². The first kappa shape index (κ1) is 13.3. The van der Waals surface area contributed by atoms with E-state index in [-0.39, 0.29) is 0 Å². The Morgan fingerprint density at radius 3 is 2.00 bits per heavy atom. The Bertz CT molecular complexity index is 304. The van der Waals surface area contributed by atoms with Gasteiger partial charge < -0.3 is 5.11 Å². The summed E-state index contributed by atoms with van der Waals surface area (Å²) in [4.78, 5) is 10.8. The fraction of sp³-hybridized carbons (Fsp3) is 0.857. The fourth-order valence-electron chi connectivity index (χ4n) is 0.812. The van der Waals surface area contributed by atoms with Crippen molar-refractivity contribution in [3.8, 4) is 0 Å². The Morgan fingerprint density at radius 2 is 1.79 bits per heavy atom. The second-order valence-corrected chi connectivity index (χ2v) is 5.61. The first-order chi connectivity index (χ1) is 6.10. The molecule has 3 N–H and O–H groups in total. The second-order valence-electron chi connectivity index (χ2n) is 3.96. The Morgan fingerprint density at radius 1 is 1.36 bits per heavy atom. The zero-order valence-electron chi connectivity index (χ0n) is 8.66. The van der Waals surface area contributed by atoms with Crippen molar-refractivity contribution >= 4 is 16.2 Å². The second kappa shape index (κ2) is 4.24. The molecule has 7 heteroatoms. The summed E-state index contributed by atoms with van der Waals surface area (Å²) in [6.07, 6.45) is 0. The van der Waals surface area contributed by atoms with E-state index in [1.54, 1.807) is 20.8 Å². The molecule has 0 heterocycles. The van der Waals surface area contributed by atoms with Gasteiger partial charge in [0.1, 0.15) is 6.04 Å². The molecular weight excluding hydrogens is 208 g/mol. The molecule has 84 valence electrons. The standard InChI is InChI=1S/C7H16N2O4S/c1-7(2,3)5(6(10)11)9-14(12,13)8-4/h5,8-9H,1-4H3,(H,10,11)/t5-/m1/s1. The molecule has 0 unspecified atom stereocenters. The lowest BCUT2D eigenvalue weighted by Crippen LogP contribution is -2.51. The van der Waals surface area contributed by atoms with Crippen molar-refractivity contribution in [2.24, 2.45) is 5.41 Å². The Hall–Kier alpha value is -0.660. The minimum atomic E-state index is -3.73. The van der Waals surface area contributed by atoms with Crippen LogP contribution in [0.5, 0.6) is 0 Å². The molecule has 0 saturated carbocycles. The summed E-state index contributed by atoms with van der Waals surface area (Å²) in [5, 5.41) is 8.81. The number of carboxylic acid groups (broad SMARTS) is 1. The molecule has 0 aliphatic heterocycles. The maximum atomic E-state index is 11.1. The van der Waals surface area contributed by atoms with E-state index in [0.717, 1.165) is 0 Å². The highest BCUT2D eigenvalue weighted by Gasteiger charge is 2.34. The van der Waals surface area contributed by atoms with Gasteiger partial charge in [-0.1, -0.05) is 20.8 Å². The Balaban J connectivity index is 4.83. The third-order valence-corrected chi connectivity index (χ3v) is 2.74. The van der Waals surface area contributed by atoms with Crippen LogP contribution in [0.25, 0.3) is 0 Å². The maximum absolute atomic E-state index is 11.1. The van der Waals surface area contributed by atoms with E-state index >= 15 is 0 Å². The van der Waals surface area contributed by atoms with E-state index in [0.29, 0.717) is 0 Å². The van der Waals surface area contributed by atoms with Crippen molar-refractivity contribution in [2.45, 2.75) is 26.8 Å². The van der Waals surface area contributed by atoms with Crippen molar-refractivity contribution in [1.29, 1.82) is 0 Å². The molecule has 0 radical (unpaired) electrons. The van der Waals surface area contributed by atoms with Gasteiger partial charge in [-0.25, -0.2) is 4.72 Å². The van der Waals surface area contributed by atoms with Gasteiger partial charge in [0, 0.05) is 7.05 Å². The van der Waals surface area contributed by atoms with Crippen molar-refractivity contribution < 1.29 is 18.3 Å². The smallest absolute Gasteiger partial charge is 0.322 e. The van der Waals surface area contributed by atoms with E-state index in [1.807, 2.05) is 9.44 Å². The average Bonchev–Trinajstić information content (AvgIpc) is 1.98. The average molecular weight is 224 g/mol. The molecule has 0 amide bonds. The normalized spacial score (nSPS) is 15.1. The largest absolute Gasteiger partial charge is 0.480 e. The Kier molecular flexibility index (Phi) is 4.04. The lowest BCUT2D eigenvalue weighted by atomic mass is 9.88. The molecule has 0 aromatic rings. The molecule has 14 heavy (non-hydrogen) atoms. The molecular formula is C7H16N2O4S. The fourth-order valence-corrected chi connectivity index (χ4v) is 1.69. The van der Waals surface area contributed by atoms with Crippen molar-refractivity contribution in [2.75, 3.05) is 7.05 Å². The van der Waals surface area contributed by atoms with Crippen LogP contribution < -0.4 is 9.44 Å². The van der Waals surface area contributed by atoms with Gasteiger partial charge in [-0.15, -0.1) is 0 Å². The summed E-state index contributed by atoms with van der Waals surface area (Å²) in [5.41, 5.74) is -0.685. The summed E-state index contributed by atoms with van der Waals surface area (Å²) in [5.74, 6) is -1.20. The quantitative estimate of drug-likeness (QED) is 0.602. The summed E-state index contributed by atoms with van der Waals surface area (Å²) < 4.78 is 26.2. The molecule has 1 atom stereocenters. The zero-order valence-corrected chi connectivity index (χ0v) is 9.47. The summed E-state index contributed by atoms with van der Waals surface area (Å²) >= 11 is 0. The van der Waals surface area contributed by atoms with Crippen LogP contribution in [0.4, 0.5) is 0 Å². The molecule has 6 nitrogen and oxygen atoms in total. The molecule has 0 aliphatic carbocycles. The molecule has 0 saturated heterocycles. The molecule has 0 spiro atoms. The summed E-state index contributed by atoms with van der Waals surface area (Å²) in [7, 11) is -2.52. The molecule has 0 fully saturated rings. The minimum Gasteiger partial charge on any atom is -0.480 e. The van der Waals surface area contributed by atoms with Crippen LogP contribution in [0.2, 0.25) is 0 Å². The van der Waals surface area contributed by atoms with E-state index in [1.165, 1.54) is 7.05 Å². The molecule has 0 aromatic carbocycles. The van der Waals surface area contributed by atoms with Gasteiger partial charge in [-0.05, 0) is 5.41 Å². The lowest BCUT2D eigenvalue weighted by Gasteiger charge is -2.27.